The van der Waals surface area contributed by atoms with Gasteiger partial charge in [-0.05, 0) is 60.7 Å². The molecule has 4 heterocycles. The number of benzene rings is 3. The maximum absolute atomic E-state index is 13.3. The summed E-state index contributed by atoms with van der Waals surface area (Å²) in [5.74, 6) is 0.570. The second kappa shape index (κ2) is 11.0. The molecule has 1 amide bonds. The monoisotopic (exact) mass is 608 g/mol. The lowest BCUT2D eigenvalue weighted by molar-refractivity contribution is -0.115. The van der Waals surface area contributed by atoms with Crippen molar-refractivity contribution in [1.82, 2.24) is 9.78 Å². The fraction of sp³-hybridized carbons (Fsp3) is 0.0968. The van der Waals surface area contributed by atoms with E-state index in [0.717, 1.165) is 28.7 Å². The van der Waals surface area contributed by atoms with Gasteiger partial charge in [0.25, 0.3) is 10.0 Å². The minimum Gasteiger partial charge on any atom is -0.463 e. The minimum absolute atomic E-state index is 0.0135. The van der Waals surface area contributed by atoms with Gasteiger partial charge in [-0.15, -0.1) is 4.40 Å². The molecule has 10 nitrogen and oxygen atoms in total. The molecule has 43 heavy (non-hydrogen) atoms. The Morgan fingerprint density at radius 1 is 0.860 bits per heavy atom. The Kier molecular flexibility index (Phi) is 6.92. The van der Waals surface area contributed by atoms with E-state index in [-0.39, 0.29) is 27.8 Å². The van der Waals surface area contributed by atoms with Crippen LogP contribution in [0.3, 0.4) is 0 Å². The molecule has 2 aromatic heterocycles. The van der Waals surface area contributed by atoms with Crippen molar-refractivity contribution in [3.05, 3.63) is 127 Å². The molecule has 12 heteroatoms. The third kappa shape index (κ3) is 5.26. The summed E-state index contributed by atoms with van der Waals surface area (Å²) >= 11 is 1.10. The highest BCUT2D eigenvalue weighted by Crippen LogP contribution is 2.37. The Bertz CT molecular complexity index is 1940. The minimum atomic E-state index is -4.10. The predicted octanol–water partition coefficient (Wildman–Crippen LogP) is 5.65. The highest BCUT2D eigenvalue weighted by Gasteiger charge is 2.34. The number of amidine groups is 1. The average Bonchev–Trinajstić information content (AvgIpc) is 3.85. The van der Waals surface area contributed by atoms with Crippen molar-refractivity contribution in [2.75, 3.05) is 15.7 Å². The molecule has 0 N–H and O–H groups in total. The lowest BCUT2D eigenvalue weighted by atomic mass is 10.0. The summed E-state index contributed by atoms with van der Waals surface area (Å²) in [6.45, 7) is 0. The third-order valence-corrected chi connectivity index (χ3v) is 9.42. The molecule has 1 saturated heterocycles. The van der Waals surface area contributed by atoms with E-state index in [1.807, 2.05) is 70.6 Å². The van der Waals surface area contributed by atoms with Crippen LogP contribution in [0, 0.1) is 0 Å². The van der Waals surface area contributed by atoms with Crippen molar-refractivity contribution in [3.63, 3.8) is 0 Å². The van der Waals surface area contributed by atoms with Crippen LogP contribution in [0.4, 0.5) is 11.4 Å². The number of furan rings is 1. The predicted molar refractivity (Wildman–Crippen MR) is 166 cm³/mol. The number of hydrogen-bond donors (Lipinski definition) is 0. The normalized spacial score (nSPS) is 18.0. The van der Waals surface area contributed by atoms with Crippen molar-refractivity contribution in [1.29, 1.82) is 0 Å². The van der Waals surface area contributed by atoms with Crippen molar-refractivity contribution in [2.45, 2.75) is 17.4 Å². The van der Waals surface area contributed by atoms with Crippen LogP contribution in [-0.4, -0.2) is 40.7 Å². The number of anilines is 2. The Morgan fingerprint density at radius 3 is 2.28 bits per heavy atom. The Balaban J connectivity index is 1.19. The summed E-state index contributed by atoms with van der Waals surface area (Å²) in [5.41, 5.74) is 3.93. The second-order valence-corrected chi connectivity index (χ2v) is 12.4. The fourth-order valence-electron chi connectivity index (χ4n) is 5.02. The first-order valence-corrected chi connectivity index (χ1v) is 15.9. The van der Waals surface area contributed by atoms with E-state index in [2.05, 4.69) is 9.50 Å². The zero-order valence-electron chi connectivity index (χ0n) is 22.6. The zero-order chi connectivity index (χ0) is 29.4. The molecule has 2 aliphatic heterocycles. The van der Waals surface area contributed by atoms with Crippen LogP contribution in [0.1, 0.15) is 23.8 Å². The van der Waals surface area contributed by atoms with Crippen molar-refractivity contribution in [2.24, 2.45) is 9.50 Å². The smallest absolute Gasteiger partial charge is 0.284 e. The Labute approximate surface area is 252 Å². The first-order valence-electron chi connectivity index (χ1n) is 13.4. The van der Waals surface area contributed by atoms with Crippen molar-refractivity contribution in [3.8, 4) is 5.69 Å². The first-order chi connectivity index (χ1) is 21.0. The van der Waals surface area contributed by atoms with E-state index in [1.165, 1.54) is 17.0 Å². The number of rotatable bonds is 7. The van der Waals surface area contributed by atoms with Crippen LogP contribution < -0.4 is 9.91 Å². The lowest BCUT2D eigenvalue weighted by Gasteiger charge is -2.22. The molecule has 1 atom stereocenters. The number of thioether (sulfide) groups is 1. The summed E-state index contributed by atoms with van der Waals surface area (Å²) in [4.78, 5) is 13.9. The summed E-state index contributed by atoms with van der Waals surface area (Å²) in [5, 5.41) is 11.4. The van der Waals surface area contributed by atoms with Crippen molar-refractivity contribution >= 4 is 49.9 Å². The molecule has 3 aromatic carbocycles. The average molecular weight is 609 g/mol. The van der Waals surface area contributed by atoms with Gasteiger partial charge in [0.2, 0.25) is 5.91 Å². The van der Waals surface area contributed by atoms with Crippen LogP contribution in [0.5, 0.6) is 0 Å². The highest BCUT2D eigenvalue weighted by atomic mass is 32.2. The Hall–Kier alpha value is -4.94. The molecule has 2 aliphatic rings. The summed E-state index contributed by atoms with van der Waals surface area (Å²) in [7, 11) is -4.10. The molecule has 0 spiro atoms. The largest absolute Gasteiger partial charge is 0.463 e. The van der Waals surface area contributed by atoms with Crippen LogP contribution in [0.2, 0.25) is 0 Å². The van der Waals surface area contributed by atoms with E-state index in [0.29, 0.717) is 23.6 Å². The highest BCUT2D eigenvalue weighted by molar-refractivity contribution is 8.16. The quantitative estimate of drug-likeness (QED) is 0.235. The number of hydrogen-bond acceptors (Lipinski definition) is 8. The number of nitrogens with zero attached hydrogens (tertiary/aromatic N) is 6. The standard InChI is InChI=1S/C31H24N6O4S2/c38-30-21-42-31(36(30)24-10-5-2-6-11-24)34-43(39,40)26-15-13-25(14-16-26)37-28(18-27(33-37)29-12-7-17-41-29)22-19-32-35(20-22)23-8-3-1-4-9-23/h1-17,19-20,28H,18,21H2/b34-31+. The second-order valence-electron chi connectivity index (χ2n) is 9.84. The van der Waals surface area contributed by atoms with Gasteiger partial charge in [-0.3, -0.25) is 14.7 Å². The van der Waals surface area contributed by atoms with Crippen molar-refractivity contribution < 1.29 is 17.6 Å². The van der Waals surface area contributed by atoms with Gasteiger partial charge in [-0.25, -0.2) is 4.68 Å². The Morgan fingerprint density at radius 2 is 1.58 bits per heavy atom. The lowest BCUT2D eigenvalue weighted by Crippen LogP contribution is -2.29. The number of para-hydroxylation sites is 2. The van der Waals surface area contributed by atoms with Gasteiger partial charge < -0.3 is 4.42 Å². The zero-order valence-corrected chi connectivity index (χ0v) is 24.2. The maximum Gasteiger partial charge on any atom is 0.284 e. The van der Waals surface area contributed by atoms with Gasteiger partial charge in [-0.1, -0.05) is 48.2 Å². The molecule has 214 valence electrons. The number of aromatic nitrogens is 2. The summed E-state index contributed by atoms with van der Waals surface area (Å²) in [6.07, 6.45) is 5.97. The number of carbonyl (C=O) groups excluding carboxylic acids is 1. The van der Waals surface area contributed by atoms with Crippen LogP contribution in [0.25, 0.3) is 5.69 Å². The van der Waals surface area contributed by atoms with E-state index in [4.69, 9.17) is 9.52 Å². The molecule has 0 radical (unpaired) electrons. The fourth-order valence-corrected chi connectivity index (χ4v) is 7.11. The number of amides is 1. The molecule has 5 aromatic rings. The number of sulfonamides is 1. The molecule has 0 bridgehead atoms. The summed E-state index contributed by atoms with van der Waals surface area (Å²) < 4.78 is 38.2. The van der Waals surface area contributed by atoms with Gasteiger partial charge in [-0.2, -0.15) is 18.6 Å². The van der Waals surface area contributed by atoms with Gasteiger partial charge in [0.1, 0.15) is 11.5 Å². The van der Waals surface area contributed by atoms with Gasteiger partial charge in [0, 0.05) is 18.2 Å². The number of carbonyl (C=O) groups is 1. The van der Waals surface area contributed by atoms with E-state index in [9.17, 15) is 13.2 Å². The van der Waals surface area contributed by atoms with Gasteiger partial charge >= 0.3 is 0 Å². The van der Waals surface area contributed by atoms with Crippen LogP contribution in [-0.2, 0) is 14.8 Å². The third-order valence-electron chi connectivity index (χ3n) is 7.10. The summed E-state index contributed by atoms with van der Waals surface area (Å²) in [6, 6.07) is 28.6. The van der Waals surface area contributed by atoms with Crippen LogP contribution in [0.15, 0.2) is 135 Å². The van der Waals surface area contributed by atoms with Gasteiger partial charge in [0.05, 0.1) is 46.2 Å². The SMILES string of the molecule is O=C1CS/C(=N/S(=O)(=O)c2ccc(N3N=C(c4ccco4)CC3c3cnn(-c4ccccc4)c3)cc2)N1c1ccccc1. The molecular formula is C31H24N6O4S2. The maximum atomic E-state index is 13.3. The first kappa shape index (κ1) is 26.9. The molecule has 1 unspecified atom stereocenters. The van der Waals surface area contributed by atoms with Gasteiger partial charge in [0.15, 0.2) is 5.17 Å². The molecule has 0 aliphatic carbocycles. The molecule has 1 fully saturated rings. The molecule has 7 rings (SSSR count). The number of hydrazone groups is 1. The van der Waals surface area contributed by atoms with E-state index in [1.54, 1.807) is 42.7 Å². The molecule has 0 saturated carbocycles. The molecular weight excluding hydrogens is 585 g/mol. The van der Waals surface area contributed by atoms with E-state index < -0.39 is 10.0 Å². The van der Waals surface area contributed by atoms with E-state index >= 15 is 0 Å². The van der Waals surface area contributed by atoms with Crippen LogP contribution >= 0.6 is 11.8 Å². The topological polar surface area (TPSA) is 113 Å².